The first-order valence-electron chi connectivity index (χ1n) is 9.22. The van der Waals surface area contributed by atoms with Crippen LogP contribution in [0, 0.1) is 5.82 Å². The van der Waals surface area contributed by atoms with Crippen LogP contribution < -0.4 is 10.5 Å². The Hall–Kier alpha value is -2.34. The Kier molecular flexibility index (Phi) is 5.38. The smallest absolute Gasteiger partial charge is 0.166 e. The van der Waals surface area contributed by atoms with Crippen LogP contribution in [-0.2, 0) is 6.42 Å². The molecule has 0 amide bonds. The van der Waals surface area contributed by atoms with E-state index in [1.54, 1.807) is 19.2 Å². The van der Waals surface area contributed by atoms with Crippen molar-refractivity contribution in [3.05, 3.63) is 75.1 Å². The van der Waals surface area contributed by atoms with Gasteiger partial charge >= 0.3 is 0 Å². The van der Waals surface area contributed by atoms with Gasteiger partial charge in [0.1, 0.15) is 11.9 Å². The van der Waals surface area contributed by atoms with Crippen molar-refractivity contribution < 1.29 is 14.2 Å². The van der Waals surface area contributed by atoms with Crippen LogP contribution in [0.15, 0.2) is 42.6 Å². The van der Waals surface area contributed by atoms with Crippen molar-refractivity contribution in [2.24, 2.45) is 0 Å². The Bertz CT molecular complexity index is 1090. The predicted octanol–water partition coefficient (Wildman–Crippen LogP) is 5.90. The average Bonchev–Trinajstić information content (AvgIpc) is 3.07. The van der Waals surface area contributed by atoms with Gasteiger partial charge in [-0.3, -0.25) is 0 Å². The van der Waals surface area contributed by atoms with E-state index in [9.17, 15) is 9.50 Å². The Morgan fingerprint density at radius 3 is 2.79 bits per heavy atom. The van der Waals surface area contributed by atoms with Crippen LogP contribution in [0.5, 0.6) is 5.75 Å². The molecule has 0 aliphatic heterocycles. The molecule has 0 saturated heterocycles. The molecule has 2 aromatic carbocycles. The molecule has 0 radical (unpaired) electrons. The SMILES string of the molecule is CC(Oc1cc(-c2ccc3c(c2)CCC3O)cnc1N)c1c(Cl)ccc(F)c1Cl. The zero-order valence-corrected chi connectivity index (χ0v) is 17.1. The third-order valence-electron chi connectivity index (χ3n) is 5.19. The standard InChI is InChI=1S/C22H19Cl2FN2O2/c1-11(20-16(23)5-6-17(25)21(20)24)29-19-9-14(10-27-22(19)26)12-2-4-15-13(8-12)3-7-18(15)28/h2,4-6,8-11,18,28H,3,7H2,1H3,(H2,26,27). The van der Waals surface area contributed by atoms with Crippen molar-refractivity contribution in [2.45, 2.75) is 32.0 Å². The number of nitrogens with zero attached hydrogens (tertiary/aromatic N) is 1. The number of aryl methyl sites for hydroxylation is 1. The van der Waals surface area contributed by atoms with Crippen LogP contribution in [0.25, 0.3) is 11.1 Å². The van der Waals surface area contributed by atoms with E-state index in [0.717, 1.165) is 35.1 Å². The maximum Gasteiger partial charge on any atom is 0.166 e. The van der Waals surface area contributed by atoms with Crippen molar-refractivity contribution in [2.75, 3.05) is 5.73 Å². The van der Waals surface area contributed by atoms with E-state index in [4.69, 9.17) is 33.7 Å². The second-order valence-corrected chi connectivity index (χ2v) is 7.88. The van der Waals surface area contributed by atoms with Gasteiger partial charge in [-0.05, 0) is 54.7 Å². The monoisotopic (exact) mass is 432 g/mol. The zero-order valence-electron chi connectivity index (χ0n) is 15.6. The normalized spacial score (nSPS) is 16.5. The lowest BCUT2D eigenvalue weighted by molar-refractivity contribution is 0.180. The number of benzene rings is 2. The first-order valence-corrected chi connectivity index (χ1v) is 9.97. The number of rotatable bonds is 4. The van der Waals surface area contributed by atoms with Gasteiger partial charge in [-0.1, -0.05) is 41.4 Å². The Balaban J connectivity index is 1.66. The summed E-state index contributed by atoms with van der Waals surface area (Å²) < 4.78 is 19.8. The van der Waals surface area contributed by atoms with E-state index in [-0.39, 0.29) is 10.8 Å². The number of hydrogen-bond acceptors (Lipinski definition) is 4. The number of aromatic nitrogens is 1. The second-order valence-electron chi connectivity index (χ2n) is 7.09. The summed E-state index contributed by atoms with van der Waals surface area (Å²) in [6.45, 7) is 1.72. The number of aliphatic hydroxyl groups is 1. The van der Waals surface area contributed by atoms with Crippen molar-refractivity contribution in [3.63, 3.8) is 0 Å². The maximum absolute atomic E-state index is 13.9. The molecule has 0 saturated carbocycles. The first-order chi connectivity index (χ1) is 13.8. The largest absolute Gasteiger partial charge is 0.482 e. The first kappa shape index (κ1) is 20.0. The minimum atomic E-state index is -0.639. The van der Waals surface area contributed by atoms with Crippen LogP contribution in [0.3, 0.4) is 0 Å². The fourth-order valence-corrected chi connectivity index (χ4v) is 4.32. The third kappa shape index (κ3) is 3.78. The summed E-state index contributed by atoms with van der Waals surface area (Å²) in [4.78, 5) is 4.24. The van der Waals surface area contributed by atoms with Gasteiger partial charge in [0.2, 0.25) is 0 Å². The molecule has 0 bridgehead atoms. The van der Waals surface area contributed by atoms with Crippen LogP contribution in [-0.4, -0.2) is 10.1 Å². The zero-order chi connectivity index (χ0) is 20.7. The number of hydrogen-bond donors (Lipinski definition) is 2. The molecular formula is C22H19Cl2FN2O2. The van der Waals surface area contributed by atoms with Gasteiger partial charge < -0.3 is 15.6 Å². The number of nitrogen functional groups attached to an aromatic ring is 1. The summed E-state index contributed by atoms with van der Waals surface area (Å²) >= 11 is 12.3. The van der Waals surface area contributed by atoms with Crippen LogP contribution in [0.1, 0.15) is 42.2 Å². The minimum absolute atomic E-state index is 0.0788. The molecule has 0 spiro atoms. The third-order valence-corrected chi connectivity index (χ3v) is 5.91. The van der Waals surface area contributed by atoms with E-state index >= 15 is 0 Å². The molecular weight excluding hydrogens is 414 g/mol. The highest BCUT2D eigenvalue weighted by Crippen LogP contribution is 2.38. The molecule has 29 heavy (non-hydrogen) atoms. The second kappa shape index (κ2) is 7.82. The fourth-order valence-electron chi connectivity index (χ4n) is 3.65. The van der Waals surface area contributed by atoms with Gasteiger partial charge in [0, 0.05) is 22.3 Å². The molecule has 150 valence electrons. The lowest BCUT2D eigenvalue weighted by Gasteiger charge is -2.19. The molecule has 3 N–H and O–H groups in total. The van der Waals surface area contributed by atoms with E-state index < -0.39 is 18.0 Å². The number of pyridine rings is 1. The van der Waals surface area contributed by atoms with E-state index in [1.165, 1.54) is 12.1 Å². The summed E-state index contributed by atoms with van der Waals surface area (Å²) in [6, 6.07) is 10.4. The summed E-state index contributed by atoms with van der Waals surface area (Å²) in [5.41, 5.74) is 10.2. The molecule has 1 aliphatic rings. The molecule has 7 heteroatoms. The fraction of sp³-hybridized carbons (Fsp3) is 0.227. The molecule has 1 aliphatic carbocycles. The summed E-state index contributed by atoms with van der Waals surface area (Å²) in [6.07, 6.45) is 2.20. The van der Waals surface area contributed by atoms with Crippen molar-refractivity contribution in [3.8, 4) is 16.9 Å². The van der Waals surface area contributed by atoms with Gasteiger partial charge in [0.15, 0.2) is 11.6 Å². The molecule has 2 atom stereocenters. The lowest BCUT2D eigenvalue weighted by atomic mass is 10.0. The molecule has 4 nitrogen and oxygen atoms in total. The van der Waals surface area contributed by atoms with Crippen molar-refractivity contribution >= 4 is 29.0 Å². The highest BCUT2D eigenvalue weighted by molar-refractivity contribution is 6.36. The van der Waals surface area contributed by atoms with E-state index in [2.05, 4.69) is 4.98 Å². The predicted molar refractivity (Wildman–Crippen MR) is 113 cm³/mol. The molecule has 2 unspecified atom stereocenters. The summed E-state index contributed by atoms with van der Waals surface area (Å²) in [5, 5.41) is 10.2. The Labute approximate surface area is 178 Å². The van der Waals surface area contributed by atoms with E-state index in [0.29, 0.717) is 16.3 Å². The highest BCUT2D eigenvalue weighted by atomic mass is 35.5. The Morgan fingerprint density at radius 2 is 2.00 bits per heavy atom. The number of anilines is 1. The van der Waals surface area contributed by atoms with Gasteiger partial charge in [-0.2, -0.15) is 0 Å². The lowest BCUT2D eigenvalue weighted by Crippen LogP contribution is -2.08. The molecule has 0 fully saturated rings. The average molecular weight is 433 g/mol. The molecule has 3 aromatic rings. The Morgan fingerprint density at radius 1 is 1.21 bits per heavy atom. The van der Waals surface area contributed by atoms with Gasteiger partial charge in [-0.25, -0.2) is 9.37 Å². The van der Waals surface area contributed by atoms with Crippen molar-refractivity contribution in [1.29, 1.82) is 0 Å². The number of halogens is 3. The van der Waals surface area contributed by atoms with Crippen molar-refractivity contribution in [1.82, 2.24) is 4.98 Å². The topological polar surface area (TPSA) is 68.4 Å². The number of aliphatic hydroxyl groups excluding tert-OH is 1. The van der Waals surface area contributed by atoms with E-state index in [1.807, 2.05) is 18.2 Å². The number of fused-ring (bicyclic) bond motifs is 1. The van der Waals surface area contributed by atoms with Crippen LogP contribution >= 0.6 is 23.2 Å². The summed E-state index contributed by atoms with van der Waals surface area (Å²) in [5.74, 6) is -0.00514. The number of ether oxygens (including phenoxy) is 1. The minimum Gasteiger partial charge on any atom is -0.482 e. The van der Waals surface area contributed by atoms with Crippen LogP contribution in [0.4, 0.5) is 10.2 Å². The maximum atomic E-state index is 13.9. The highest BCUT2D eigenvalue weighted by Gasteiger charge is 2.22. The van der Waals surface area contributed by atoms with Gasteiger partial charge in [0.25, 0.3) is 0 Å². The molecule has 1 aromatic heterocycles. The molecule has 1 heterocycles. The molecule has 4 rings (SSSR count). The number of nitrogens with two attached hydrogens (primary N) is 1. The van der Waals surface area contributed by atoms with Gasteiger partial charge in [-0.15, -0.1) is 0 Å². The summed E-state index contributed by atoms with van der Waals surface area (Å²) in [7, 11) is 0. The van der Waals surface area contributed by atoms with Crippen LogP contribution in [0.2, 0.25) is 10.0 Å². The quantitative estimate of drug-likeness (QED) is 0.503. The van der Waals surface area contributed by atoms with Gasteiger partial charge in [0.05, 0.1) is 11.1 Å².